The predicted octanol–water partition coefficient (Wildman–Crippen LogP) is 2.35. The van der Waals surface area contributed by atoms with Crippen LogP contribution in [0.25, 0.3) is 10.9 Å². The molecule has 1 aliphatic heterocycles. The fraction of sp³-hybridized carbons (Fsp3) is 0.100. The molecule has 0 unspecified atom stereocenters. The van der Waals surface area contributed by atoms with E-state index >= 15 is 0 Å². The molecule has 7 heteroatoms. The standard InChI is InChI=1S/C20H16N4O3/c1-20(14-8-3-2-4-9-14)18(26)24(19(27)22-20)23-17(25)16-12-11-13-7-5-6-10-15(13)21-16/h2-12H,1H3,(H,22,27)(H,23,25)/t20-/m0/s1. The zero-order valence-electron chi connectivity index (χ0n) is 14.5. The minimum atomic E-state index is -1.25. The summed E-state index contributed by atoms with van der Waals surface area (Å²) in [6.07, 6.45) is 0. The molecule has 0 radical (unpaired) electrons. The van der Waals surface area contributed by atoms with Gasteiger partial charge in [-0.05, 0) is 24.6 Å². The number of pyridine rings is 1. The van der Waals surface area contributed by atoms with E-state index in [1.165, 1.54) is 0 Å². The summed E-state index contributed by atoms with van der Waals surface area (Å²) < 4.78 is 0. The van der Waals surface area contributed by atoms with E-state index in [0.29, 0.717) is 16.1 Å². The quantitative estimate of drug-likeness (QED) is 0.702. The smallest absolute Gasteiger partial charge is 0.318 e. The number of nitrogens with one attached hydrogen (secondary N) is 2. The third-order valence-corrected chi connectivity index (χ3v) is 4.59. The Morgan fingerprint density at radius 2 is 1.70 bits per heavy atom. The van der Waals surface area contributed by atoms with Crippen LogP contribution in [0.2, 0.25) is 0 Å². The molecule has 3 aromatic rings. The van der Waals surface area contributed by atoms with E-state index in [1.54, 1.807) is 49.4 Å². The third kappa shape index (κ3) is 2.79. The summed E-state index contributed by atoms with van der Waals surface area (Å²) >= 11 is 0. The van der Waals surface area contributed by atoms with Crippen LogP contribution in [0.15, 0.2) is 66.7 Å². The maximum atomic E-state index is 12.8. The first-order valence-corrected chi connectivity index (χ1v) is 8.38. The largest absolute Gasteiger partial charge is 0.344 e. The number of aromatic nitrogens is 1. The highest BCUT2D eigenvalue weighted by Gasteiger charge is 2.50. The van der Waals surface area contributed by atoms with Crippen molar-refractivity contribution < 1.29 is 14.4 Å². The van der Waals surface area contributed by atoms with E-state index in [4.69, 9.17) is 0 Å². The van der Waals surface area contributed by atoms with Gasteiger partial charge in [-0.1, -0.05) is 54.6 Å². The number of carbonyl (C=O) groups is 3. The van der Waals surface area contributed by atoms with Crippen molar-refractivity contribution in [3.63, 3.8) is 0 Å². The summed E-state index contributed by atoms with van der Waals surface area (Å²) in [5.41, 5.74) is 2.50. The summed E-state index contributed by atoms with van der Waals surface area (Å²) in [5, 5.41) is 4.23. The molecule has 0 aliphatic carbocycles. The van der Waals surface area contributed by atoms with Crippen LogP contribution in [0.5, 0.6) is 0 Å². The highest BCUT2D eigenvalue weighted by molar-refractivity contribution is 6.09. The Labute approximate surface area is 155 Å². The van der Waals surface area contributed by atoms with Crippen LogP contribution in [-0.4, -0.2) is 27.8 Å². The van der Waals surface area contributed by atoms with Gasteiger partial charge in [-0.3, -0.25) is 15.0 Å². The average molecular weight is 360 g/mol. The molecule has 1 fully saturated rings. The fourth-order valence-electron chi connectivity index (χ4n) is 3.06. The molecule has 1 aromatic heterocycles. The zero-order chi connectivity index (χ0) is 19.0. The lowest BCUT2D eigenvalue weighted by atomic mass is 9.92. The molecule has 1 saturated heterocycles. The molecule has 0 bridgehead atoms. The molecule has 2 aromatic carbocycles. The van der Waals surface area contributed by atoms with Crippen molar-refractivity contribution in [2.24, 2.45) is 0 Å². The number of para-hydroxylation sites is 1. The van der Waals surface area contributed by atoms with Gasteiger partial charge < -0.3 is 5.32 Å². The lowest BCUT2D eigenvalue weighted by molar-refractivity contribution is -0.132. The number of rotatable bonds is 3. The van der Waals surface area contributed by atoms with Crippen molar-refractivity contribution in [2.45, 2.75) is 12.5 Å². The molecule has 0 spiro atoms. The molecule has 27 heavy (non-hydrogen) atoms. The summed E-state index contributed by atoms with van der Waals surface area (Å²) in [6, 6.07) is 18.8. The average Bonchev–Trinajstić information content (AvgIpc) is 2.92. The van der Waals surface area contributed by atoms with Crippen LogP contribution in [0, 0.1) is 0 Å². The Balaban J connectivity index is 1.59. The van der Waals surface area contributed by atoms with Crippen LogP contribution in [0.3, 0.4) is 0 Å². The number of amides is 4. The molecule has 4 amide bonds. The number of hydrogen-bond donors (Lipinski definition) is 2. The predicted molar refractivity (Wildman–Crippen MR) is 98.4 cm³/mol. The highest BCUT2D eigenvalue weighted by atomic mass is 16.2. The minimum Gasteiger partial charge on any atom is -0.318 e. The van der Waals surface area contributed by atoms with E-state index in [0.717, 1.165) is 5.39 Å². The lowest BCUT2D eigenvalue weighted by Crippen LogP contribution is -2.48. The molecular weight excluding hydrogens is 344 g/mol. The van der Waals surface area contributed by atoms with Gasteiger partial charge in [0.05, 0.1) is 5.52 Å². The van der Waals surface area contributed by atoms with Gasteiger partial charge >= 0.3 is 6.03 Å². The van der Waals surface area contributed by atoms with E-state index in [9.17, 15) is 14.4 Å². The SMILES string of the molecule is C[C@@]1(c2ccccc2)NC(=O)N(NC(=O)c2ccc3ccccc3n2)C1=O. The molecule has 2 heterocycles. The summed E-state index contributed by atoms with van der Waals surface area (Å²) in [5.74, 6) is -1.20. The van der Waals surface area contributed by atoms with Crippen LogP contribution in [-0.2, 0) is 10.3 Å². The van der Waals surface area contributed by atoms with Crippen molar-refractivity contribution in [1.82, 2.24) is 20.7 Å². The van der Waals surface area contributed by atoms with Crippen LogP contribution >= 0.6 is 0 Å². The number of urea groups is 1. The first kappa shape index (κ1) is 16.7. The summed E-state index contributed by atoms with van der Waals surface area (Å²) in [6.45, 7) is 1.60. The van der Waals surface area contributed by atoms with Gasteiger partial charge in [-0.15, -0.1) is 0 Å². The van der Waals surface area contributed by atoms with Crippen LogP contribution < -0.4 is 10.7 Å². The molecule has 4 rings (SSSR count). The normalized spacial score (nSPS) is 19.2. The number of nitrogens with zero attached hydrogens (tertiary/aromatic N) is 2. The summed E-state index contributed by atoms with van der Waals surface area (Å²) in [7, 11) is 0. The molecule has 0 saturated carbocycles. The van der Waals surface area contributed by atoms with Gasteiger partial charge in [0.15, 0.2) is 0 Å². The van der Waals surface area contributed by atoms with Gasteiger partial charge in [0, 0.05) is 5.39 Å². The topological polar surface area (TPSA) is 91.4 Å². The lowest BCUT2D eigenvalue weighted by Gasteiger charge is -2.22. The number of benzene rings is 2. The Hall–Kier alpha value is -3.74. The van der Waals surface area contributed by atoms with Gasteiger partial charge in [0.25, 0.3) is 11.8 Å². The number of hydrogen-bond acceptors (Lipinski definition) is 4. The van der Waals surface area contributed by atoms with Crippen LogP contribution in [0.1, 0.15) is 23.0 Å². The molecule has 1 aliphatic rings. The first-order chi connectivity index (χ1) is 13.0. The van der Waals surface area contributed by atoms with E-state index in [2.05, 4.69) is 15.7 Å². The van der Waals surface area contributed by atoms with Gasteiger partial charge in [-0.2, -0.15) is 5.01 Å². The van der Waals surface area contributed by atoms with Crippen LogP contribution in [0.4, 0.5) is 4.79 Å². The number of carbonyl (C=O) groups excluding carboxylic acids is 3. The van der Waals surface area contributed by atoms with E-state index in [-0.39, 0.29) is 5.69 Å². The second kappa shape index (κ2) is 6.21. The number of imide groups is 1. The number of fused-ring (bicyclic) bond motifs is 1. The second-order valence-corrected chi connectivity index (χ2v) is 6.39. The first-order valence-electron chi connectivity index (χ1n) is 8.38. The summed E-state index contributed by atoms with van der Waals surface area (Å²) in [4.78, 5) is 42.0. The van der Waals surface area contributed by atoms with E-state index < -0.39 is 23.4 Å². The van der Waals surface area contributed by atoms with Crippen molar-refractivity contribution >= 4 is 28.7 Å². The Bertz CT molecular complexity index is 1070. The maximum absolute atomic E-state index is 12.8. The van der Waals surface area contributed by atoms with E-state index in [1.807, 2.05) is 24.3 Å². The van der Waals surface area contributed by atoms with Crippen molar-refractivity contribution in [3.8, 4) is 0 Å². The monoisotopic (exact) mass is 360 g/mol. The van der Waals surface area contributed by atoms with Crippen molar-refractivity contribution in [2.75, 3.05) is 0 Å². The minimum absolute atomic E-state index is 0.114. The Kier molecular flexibility index (Phi) is 3.84. The Morgan fingerprint density at radius 1 is 1.00 bits per heavy atom. The zero-order valence-corrected chi connectivity index (χ0v) is 14.5. The number of hydrazine groups is 1. The Morgan fingerprint density at radius 3 is 2.48 bits per heavy atom. The molecular formula is C20H16N4O3. The molecule has 1 atom stereocenters. The van der Waals surface area contributed by atoms with Crippen molar-refractivity contribution in [1.29, 1.82) is 0 Å². The molecule has 7 nitrogen and oxygen atoms in total. The van der Waals surface area contributed by atoms with Gasteiger partial charge in [0.2, 0.25) is 0 Å². The molecule has 2 N–H and O–H groups in total. The highest BCUT2D eigenvalue weighted by Crippen LogP contribution is 2.27. The van der Waals surface area contributed by atoms with Gasteiger partial charge in [-0.25, -0.2) is 9.78 Å². The van der Waals surface area contributed by atoms with Crippen molar-refractivity contribution in [3.05, 3.63) is 78.0 Å². The maximum Gasteiger partial charge on any atom is 0.344 e. The molecule has 134 valence electrons. The van der Waals surface area contributed by atoms with Gasteiger partial charge in [0.1, 0.15) is 11.2 Å². The second-order valence-electron chi connectivity index (χ2n) is 6.39. The third-order valence-electron chi connectivity index (χ3n) is 4.59. The fourth-order valence-corrected chi connectivity index (χ4v) is 3.06.